The highest BCUT2D eigenvalue weighted by atomic mass is 32.1. The third kappa shape index (κ3) is 3.76. The molecule has 1 aliphatic heterocycles. The zero-order valence-corrected chi connectivity index (χ0v) is 14.4. The fourth-order valence-corrected chi connectivity index (χ4v) is 3.66. The summed E-state index contributed by atoms with van der Waals surface area (Å²) in [7, 11) is 1.62. The van der Waals surface area contributed by atoms with Gasteiger partial charge in [0.2, 0.25) is 5.91 Å². The second-order valence-corrected chi connectivity index (χ2v) is 6.71. The lowest BCUT2D eigenvalue weighted by atomic mass is 10.2. The van der Waals surface area contributed by atoms with Crippen molar-refractivity contribution in [2.24, 2.45) is 0 Å². The molecule has 2 amide bonds. The molecular weight excluding hydrogens is 324 g/mol. The highest BCUT2D eigenvalue weighted by Crippen LogP contribution is 2.23. The van der Waals surface area contributed by atoms with Gasteiger partial charge in [0.1, 0.15) is 5.75 Å². The van der Waals surface area contributed by atoms with Crippen molar-refractivity contribution >= 4 is 23.2 Å². The quantitative estimate of drug-likeness (QED) is 0.906. The van der Waals surface area contributed by atoms with Gasteiger partial charge in [0.15, 0.2) is 0 Å². The first-order valence-electron chi connectivity index (χ1n) is 7.92. The van der Waals surface area contributed by atoms with E-state index in [-0.39, 0.29) is 18.4 Å². The van der Waals surface area contributed by atoms with Crippen molar-refractivity contribution in [3.63, 3.8) is 0 Å². The van der Waals surface area contributed by atoms with Crippen LogP contribution in [0, 0.1) is 0 Å². The van der Waals surface area contributed by atoms with Crippen LogP contribution < -0.4 is 10.1 Å². The molecule has 6 heteroatoms. The van der Waals surface area contributed by atoms with Crippen molar-refractivity contribution in [2.45, 2.75) is 19.4 Å². The molecule has 0 radical (unpaired) electrons. The molecule has 0 aliphatic carbocycles. The molecule has 0 fully saturated rings. The van der Waals surface area contributed by atoms with Crippen molar-refractivity contribution in [2.75, 3.05) is 20.2 Å². The number of carbonyl (C=O) groups excluding carboxylic acids is 2. The van der Waals surface area contributed by atoms with Gasteiger partial charge in [-0.1, -0.05) is 12.1 Å². The van der Waals surface area contributed by atoms with Crippen LogP contribution in [0.1, 0.15) is 27.2 Å². The topological polar surface area (TPSA) is 58.6 Å². The Kier molecular flexibility index (Phi) is 5.15. The summed E-state index contributed by atoms with van der Waals surface area (Å²) in [6.07, 6.45) is 1.80. The minimum Gasteiger partial charge on any atom is -0.497 e. The Labute approximate surface area is 145 Å². The monoisotopic (exact) mass is 344 g/mol. The standard InChI is InChI=1S/C18H20N2O3S/c1-23-14-6-4-13(5-7-14)11-19-17(21)12-20-9-2-3-16-15(18(20)22)8-10-24-16/h4-8,10H,2-3,9,11-12H2,1H3,(H,19,21). The molecule has 3 rings (SSSR count). The Morgan fingerprint density at radius 1 is 1.29 bits per heavy atom. The number of hydrogen-bond donors (Lipinski definition) is 1. The molecule has 2 heterocycles. The van der Waals surface area contributed by atoms with Crippen LogP contribution in [0.5, 0.6) is 5.75 Å². The summed E-state index contributed by atoms with van der Waals surface area (Å²) in [5, 5.41) is 4.81. The number of aryl methyl sites for hydroxylation is 1. The molecule has 0 saturated carbocycles. The molecule has 0 saturated heterocycles. The molecule has 0 unspecified atom stereocenters. The van der Waals surface area contributed by atoms with E-state index in [2.05, 4.69) is 5.32 Å². The van der Waals surface area contributed by atoms with E-state index < -0.39 is 0 Å². The summed E-state index contributed by atoms with van der Waals surface area (Å²) in [5.41, 5.74) is 1.74. The van der Waals surface area contributed by atoms with Crippen LogP contribution in [-0.2, 0) is 17.8 Å². The van der Waals surface area contributed by atoms with Gasteiger partial charge in [-0.05, 0) is 42.0 Å². The Morgan fingerprint density at radius 2 is 2.08 bits per heavy atom. The number of carbonyl (C=O) groups is 2. The van der Waals surface area contributed by atoms with Crippen molar-refractivity contribution in [3.05, 3.63) is 51.7 Å². The third-order valence-electron chi connectivity index (χ3n) is 4.08. The summed E-state index contributed by atoms with van der Waals surface area (Å²) in [6.45, 7) is 1.16. The summed E-state index contributed by atoms with van der Waals surface area (Å²) < 4.78 is 5.11. The van der Waals surface area contributed by atoms with E-state index in [4.69, 9.17) is 4.74 Å². The van der Waals surface area contributed by atoms with Crippen LogP contribution in [-0.4, -0.2) is 36.9 Å². The molecular formula is C18H20N2O3S. The molecule has 1 aromatic carbocycles. The number of ether oxygens (including phenoxy) is 1. The maximum absolute atomic E-state index is 12.5. The lowest BCUT2D eigenvalue weighted by molar-refractivity contribution is -0.122. The van der Waals surface area contributed by atoms with Crippen molar-refractivity contribution in [1.29, 1.82) is 0 Å². The Bertz CT molecular complexity index is 724. The predicted molar refractivity (Wildman–Crippen MR) is 93.4 cm³/mol. The SMILES string of the molecule is COc1ccc(CNC(=O)CN2CCCc3sccc3C2=O)cc1. The van der Waals surface area contributed by atoms with E-state index >= 15 is 0 Å². The number of rotatable bonds is 5. The van der Waals surface area contributed by atoms with Crippen molar-refractivity contribution < 1.29 is 14.3 Å². The van der Waals surface area contributed by atoms with Crippen LogP contribution in [0.3, 0.4) is 0 Å². The number of nitrogens with one attached hydrogen (secondary N) is 1. The normalized spacial score (nSPS) is 14.0. The maximum atomic E-state index is 12.5. The summed E-state index contributed by atoms with van der Waals surface area (Å²) >= 11 is 1.62. The minimum atomic E-state index is -0.141. The lowest BCUT2D eigenvalue weighted by Crippen LogP contribution is -2.40. The van der Waals surface area contributed by atoms with Crippen LogP contribution in [0.15, 0.2) is 35.7 Å². The highest BCUT2D eigenvalue weighted by Gasteiger charge is 2.24. The van der Waals surface area contributed by atoms with Crippen molar-refractivity contribution in [1.82, 2.24) is 10.2 Å². The van der Waals surface area contributed by atoms with E-state index in [9.17, 15) is 9.59 Å². The van der Waals surface area contributed by atoms with Crippen LogP contribution in [0.2, 0.25) is 0 Å². The number of benzene rings is 1. The van der Waals surface area contributed by atoms with Gasteiger partial charge in [-0.3, -0.25) is 9.59 Å². The van der Waals surface area contributed by atoms with Crippen molar-refractivity contribution in [3.8, 4) is 5.75 Å². The van der Waals surface area contributed by atoms with Crippen LogP contribution in [0.25, 0.3) is 0 Å². The largest absolute Gasteiger partial charge is 0.497 e. The first-order valence-corrected chi connectivity index (χ1v) is 8.80. The third-order valence-corrected chi connectivity index (χ3v) is 5.06. The molecule has 1 aromatic heterocycles. The molecule has 1 aliphatic rings. The zero-order valence-electron chi connectivity index (χ0n) is 13.6. The number of thiophene rings is 1. The second-order valence-electron chi connectivity index (χ2n) is 5.71. The Hall–Kier alpha value is -2.34. The smallest absolute Gasteiger partial charge is 0.255 e. The first-order chi connectivity index (χ1) is 11.7. The summed E-state index contributed by atoms with van der Waals surface area (Å²) in [6, 6.07) is 9.40. The molecule has 0 atom stereocenters. The van der Waals surface area contributed by atoms with E-state index in [1.165, 1.54) is 0 Å². The second kappa shape index (κ2) is 7.49. The van der Waals surface area contributed by atoms with E-state index in [1.807, 2.05) is 35.7 Å². The number of amides is 2. The summed E-state index contributed by atoms with van der Waals surface area (Å²) in [4.78, 5) is 27.5. The molecule has 5 nitrogen and oxygen atoms in total. The minimum absolute atomic E-state index is 0.0386. The van der Waals surface area contributed by atoms with Gasteiger partial charge in [-0.25, -0.2) is 0 Å². The van der Waals surface area contributed by atoms with Gasteiger partial charge >= 0.3 is 0 Å². The molecule has 24 heavy (non-hydrogen) atoms. The predicted octanol–water partition coefficient (Wildman–Crippen LogP) is 2.46. The van der Waals surface area contributed by atoms with E-state index in [1.54, 1.807) is 23.3 Å². The Morgan fingerprint density at radius 3 is 2.83 bits per heavy atom. The Balaban J connectivity index is 1.55. The van der Waals surface area contributed by atoms with E-state index in [0.717, 1.165) is 34.6 Å². The average Bonchev–Trinajstić information content (AvgIpc) is 3.02. The van der Waals surface area contributed by atoms with Gasteiger partial charge in [0, 0.05) is 18.0 Å². The molecule has 0 spiro atoms. The molecule has 0 bridgehead atoms. The molecule has 1 N–H and O–H groups in total. The number of fused-ring (bicyclic) bond motifs is 1. The van der Waals surface area contributed by atoms with Gasteiger partial charge in [-0.2, -0.15) is 0 Å². The van der Waals surface area contributed by atoms with Gasteiger partial charge < -0.3 is 15.0 Å². The number of hydrogen-bond acceptors (Lipinski definition) is 4. The molecule has 126 valence electrons. The number of methoxy groups -OCH3 is 1. The zero-order chi connectivity index (χ0) is 16.9. The first kappa shape index (κ1) is 16.5. The highest BCUT2D eigenvalue weighted by molar-refractivity contribution is 7.10. The lowest BCUT2D eigenvalue weighted by Gasteiger charge is -2.20. The fraction of sp³-hybridized carbons (Fsp3) is 0.333. The van der Waals surface area contributed by atoms with Crippen LogP contribution >= 0.6 is 11.3 Å². The summed E-state index contributed by atoms with van der Waals surface area (Å²) in [5.74, 6) is 0.605. The van der Waals surface area contributed by atoms with Gasteiger partial charge in [0.05, 0.1) is 19.2 Å². The van der Waals surface area contributed by atoms with E-state index in [0.29, 0.717) is 13.1 Å². The maximum Gasteiger partial charge on any atom is 0.255 e. The fourth-order valence-electron chi connectivity index (χ4n) is 2.75. The average molecular weight is 344 g/mol. The van der Waals surface area contributed by atoms with Gasteiger partial charge in [-0.15, -0.1) is 11.3 Å². The van der Waals surface area contributed by atoms with Gasteiger partial charge in [0.25, 0.3) is 5.91 Å². The number of nitrogens with zero attached hydrogens (tertiary/aromatic N) is 1. The van der Waals surface area contributed by atoms with Crippen LogP contribution in [0.4, 0.5) is 0 Å². The molecule has 2 aromatic rings.